The Balaban J connectivity index is 0.000000364. The van der Waals surface area contributed by atoms with E-state index in [1.165, 1.54) is 44.9 Å². The summed E-state index contributed by atoms with van der Waals surface area (Å²) in [6, 6.07) is 0. The molecule has 86 valence electrons. The molecule has 3 nitrogen and oxygen atoms in total. The number of ether oxygens (including phenoxy) is 1. The molecule has 1 heterocycles. The van der Waals surface area contributed by atoms with Gasteiger partial charge in [0.1, 0.15) is 0 Å². The molecule has 0 aromatic heterocycles. The van der Waals surface area contributed by atoms with Gasteiger partial charge in [-0.3, -0.25) is 0 Å². The quantitative estimate of drug-likeness (QED) is 0.683. The zero-order valence-electron chi connectivity index (χ0n) is 9.08. The summed E-state index contributed by atoms with van der Waals surface area (Å²) in [6.07, 6.45) is 9.59. The van der Waals surface area contributed by atoms with Crippen LogP contribution in [0.5, 0.6) is 0 Å². The van der Waals surface area contributed by atoms with Crippen molar-refractivity contribution in [2.24, 2.45) is 0 Å². The van der Waals surface area contributed by atoms with Crippen LogP contribution in [0.2, 0.25) is 0 Å². The second-order valence-electron chi connectivity index (χ2n) is 3.53. The highest BCUT2D eigenvalue weighted by molar-refractivity contribution is 4.48. The molecular weight excluding hydrogens is 180 g/mol. The minimum atomic E-state index is -0.125. The van der Waals surface area contributed by atoms with E-state index in [4.69, 9.17) is 14.9 Å². The van der Waals surface area contributed by atoms with Crippen LogP contribution in [-0.2, 0) is 4.74 Å². The Hall–Kier alpha value is -0.120. The lowest BCUT2D eigenvalue weighted by atomic mass is 10.1. The van der Waals surface area contributed by atoms with Crippen molar-refractivity contribution in [2.45, 2.75) is 44.9 Å². The lowest BCUT2D eigenvalue weighted by Crippen LogP contribution is -1.98. The maximum atomic E-state index is 7.62. The van der Waals surface area contributed by atoms with Gasteiger partial charge in [0, 0.05) is 13.2 Å². The molecule has 0 aliphatic carbocycles. The molecule has 0 spiro atoms. The van der Waals surface area contributed by atoms with Crippen molar-refractivity contribution >= 4 is 0 Å². The Morgan fingerprint density at radius 2 is 1.00 bits per heavy atom. The van der Waals surface area contributed by atoms with Crippen molar-refractivity contribution in [2.75, 3.05) is 26.4 Å². The Kier molecular flexibility index (Phi) is 12.8. The van der Waals surface area contributed by atoms with Crippen molar-refractivity contribution in [3.63, 3.8) is 0 Å². The van der Waals surface area contributed by atoms with E-state index in [1.54, 1.807) is 0 Å². The summed E-state index contributed by atoms with van der Waals surface area (Å²) in [5.41, 5.74) is 0. The van der Waals surface area contributed by atoms with E-state index < -0.39 is 0 Å². The van der Waals surface area contributed by atoms with Crippen LogP contribution in [-0.4, -0.2) is 36.6 Å². The van der Waals surface area contributed by atoms with Gasteiger partial charge in [-0.05, 0) is 12.8 Å². The average Bonchev–Trinajstić information content (AvgIpc) is 2.27. The first-order valence-corrected chi connectivity index (χ1v) is 5.71. The summed E-state index contributed by atoms with van der Waals surface area (Å²) in [7, 11) is 0. The molecule has 0 saturated carbocycles. The molecule has 1 saturated heterocycles. The number of aliphatic hydroxyl groups is 2. The van der Waals surface area contributed by atoms with E-state index in [1.807, 2.05) is 0 Å². The Bertz CT molecular complexity index is 61.3. The summed E-state index contributed by atoms with van der Waals surface area (Å²) >= 11 is 0. The Morgan fingerprint density at radius 3 is 1.36 bits per heavy atom. The molecule has 0 amide bonds. The van der Waals surface area contributed by atoms with Gasteiger partial charge >= 0.3 is 0 Å². The van der Waals surface area contributed by atoms with Gasteiger partial charge in [0.2, 0.25) is 0 Å². The molecule has 0 aromatic rings. The van der Waals surface area contributed by atoms with Gasteiger partial charge in [-0.25, -0.2) is 0 Å². The molecule has 1 rings (SSSR count). The highest BCUT2D eigenvalue weighted by Crippen LogP contribution is 2.09. The van der Waals surface area contributed by atoms with Crippen LogP contribution in [0.1, 0.15) is 44.9 Å². The third kappa shape index (κ3) is 11.9. The molecule has 1 fully saturated rings. The maximum Gasteiger partial charge on any atom is 0.0662 e. The summed E-state index contributed by atoms with van der Waals surface area (Å²) in [6.45, 7) is 1.75. The van der Waals surface area contributed by atoms with Gasteiger partial charge in [0.25, 0.3) is 0 Å². The fourth-order valence-electron chi connectivity index (χ4n) is 1.39. The molecule has 14 heavy (non-hydrogen) atoms. The average molecular weight is 204 g/mol. The largest absolute Gasteiger partial charge is 0.394 e. The number of hydrogen-bond acceptors (Lipinski definition) is 3. The summed E-state index contributed by atoms with van der Waals surface area (Å²) in [5.74, 6) is 0. The van der Waals surface area contributed by atoms with Crippen molar-refractivity contribution in [3.05, 3.63) is 0 Å². The predicted octanol–water partition coefficient (Wildman–Crippen LogP) is 1.72. The first-order chi connectivity index (χ1) is 6.91. The van der Waals surface area contributed by atoms with E-state index in [9.17, 15) is 0 Å². The highest BCUT2D eigenvalue weighted by atomic mass is 16.5. The van der Waals surface area contributed by atoms with Crippen LogP contribution in [0.25, 0.3) is 0 Å². The van der Waals surface area contributed by atoms with Crippen LogP contribution in [0.4, 0.5) is 0 Å². The standard InChI is InChI=1S/C9H18O.C2H6O2/c1-2-4-6-8-10-9-7-5-3-1;3-1-2-4/h1-9H2;3-4H,1-2H2. The maximum absolute atomic E-state index is 7.62. The van der Waals surface area contributed by atoms with Crippen LogP contribution < -0.4 is 0 Å². The summed E-state index contributed by atoms with van der Waals surface area (Å²) < 4.78 is 5.41. The normalized spacial score (nSPS) is 19.3. The van der Waals surface area contributed by atoms with E-state index in [2.05, 4.69) is 0 Å². The van der Waals surface area contributed by atoms with Crippen molar-refractivity contribution in [1.82, 2.24) is 0 Å². The second-order valence-corrected chi connectivity index (χ2v) is 3.53. The second kappa shape index (κ2) is 12.9. The lowest BCUT2D eigenvalue weighted by Gasteiger charge is -2.07. The SMILES string of the molecule is C1CCCCOCCCC1.OCCO. The van der Waals surface area contributed by atoms with Crippen molar-refractivity contribution in [1.29, 1.82) is 0 Å². The van der Waals surface area contributed by atoms with Gasteiger partial charge in [-0.2, -0.15) is 0 Å². The van der Waals surface area contributed by atoms with E-state index in [0.29, 0.717) is 0 Å². The van der Waals surface area contributed by atoms with Gasteiger partial charge in [-0.15, -0.1) is 0 Å². The van der Waals surface area contributed by atoms with Crippen LogP contribution >= 0.6 is 0 Å². The number of hydrogen-bond donors (Lipinski definition) is 2. The van der Waals surface area contributed by atoms with E-state index >= 15 is 0 Å². The molecule has 1 aliphatic heterocycles. The molecule has 0 radical (unpaired) electrons. The van der Waals surface area contributed by atoms with Crippen molar-refractivity contribution < 1.29 is 14.9 Å². The number of aliphatic hydroxyl groups excluding tert-OH is 2. The summed E-state index contributed by atoms with van der Waals surface area (Å²) in [5, 5.41) is 15.2. The summed E-state index contributed by atoms with van der Waals surface area (Å²) in [4.78, 5) is 0. The minimum absolute atomic E-state index is 0.125. The van der Waals surface area contributed by atoms with Crippen molar-refractivity contribution in [3.8, 4) is 0 Å². The fraction of sp³-hybridized carbons (Fsp3) is 1.00. The molecule has 0 unspecified atom stereocenters. The molecule has 1 aliphatic rings. The minimum Gasteiger partial charge on any atom is -0.394 e. The smallest absolute Gasteiger partial charge is 0.0662 e. The molecule has 2 N–H and O–H groups in total. The van der Waals surface area contributed by atoms with Gasteiger partial charge in [-0.1, -0.05) is 32.1 Å². The Morgan fingerprint density at radius 1 is 0.643 bits per heavy atom. The number of rotatable bonds is 1. The molecule has 0 aromatic carbocycles. The van der Waals surface area contributed by atoms with Gasteiger partial charge < -0.3 is 14.9 Å². The van der Waals surface area contributed by atoms with Crippen LogP contribution in [0.3, 0.4) is 0 Å². The third-order valence-electron chi connectivity index (χ3n) is 2.18. The first-order valence-electron chi connectivity index (χ1n) is 5.71. The zero-order valence-corrected chi connectivity index (χ0v) is 9.08. The topological polar surface area (TPSA) is 49.7 Å². The van der Waals surface area contributed by atoms with E-state index in [0.717, 1.165) is 13.2 Å². The Labute approximate surface area is 87.1 Å². The predicted molar refractivity (Wildman–Crippen MR) is 57.3 cm³/mol. The molecule has 3 heteroatoms. The first kappa shape index (κ1) is 13.9. The highest BCUT2D eigenvalue weighted by Gasteiger charge is 1.95. The monoisotopic (exact) mass is 204 g/mol. The van der Waals surface area contributed by atoms with Gasteiger partial charge in [0.05, 0.1) is 13.2 Å². The third-order valence-corrected chi connectivity index (χ3v) is 2.18. The molecule has 0 bridgehead atoms. The molecular formula is C11H24O3. The lowest BCUT2D eigenvalue weighted by molar-refractivity contribution is 0.123. The van der Waals surface area contributed by atoms with Crippen LogP contribution in [0.15, 0.2) is 0 Å². The zero-order chi connectivity index (χ0) is 10.5. The van der Waals surface area contributed by atoms with E-state index in [-0.39, 0.29) is 13.2 Å². The fourth-order valence-corrected chi connectivity index (χ4v) is 1.39. The van der Waals surface area contributed by atoms with Gasteiger partial charge in [0.15, 0.2) is 0 Å². The van der Waals surface area contributed by atoms with Crippen LogP contribution in [0, 0.1) is 0 Å². The molecule has 0 atom stereocenters.